The van der Waals surface area contributed by atoms with Crippen LogP contribution >= 0.6 is 0 Å². The largest absolute Gasteiger partial charge is 0.472 e. The van der Waals surface area contributed by atoms with Crippen LogP contribution in [-0.4, -0.2) is 46.0 Å². The standard InChI is InChI=1S/C12H14F3N3O3/c13-12(14,15)8-18(3-1-4-19)6-10-16-11(21-17-10)9-2-5-20-7-9/h2,5,7,19H,1,3-4,6,8H2. The first-order chi connectivity index (χ1) is 9.98. The van der Waals surface area contributed by atoms with Gasteiger partial charge in [-0.25, -0.2) is 0 Å². The third-order valence-electron chi connectivity index (χ3n) is 2.64. The normalized spacial score (nSPS) is 12.2. The summed E-state index contributed by atoms with van der Waals surface area (Å²) in [5.41, 5.74) is 0.562. The van der Waals surface area contributed by atoms with E-state index in [1.807, 2.05) is 0 Å². The van der Waals surface area contributed by atoms with Crippen molar-refractivity contribution in [2.24, 2.45) is 0 Å². The van der Waals surface area contributed by atoms with Crippen molar-refractivity contribution in [2.75, 3.05) is 19.7 Å². The summed E-state index contributed by atoms with van der Waals surface area (Å²) >= 11 is 0. The van der Waals surface area contributed by atoms with Crippen LogP contribution in [0.15, 0.2) is 27.5 Å². The molecular weight excluding hydrogens is 291 g/mol. The first-order valence-electron chi connectivity index (χ1n) is 6.23. The minimum absolute atomic E-state index is 0.0889. The van der Waals surface area contributed by atoms with Gasteiger partial charge in [-0.1, -0.05) is 5.16 Å². The summed E-state index contributed by atoms with van der Waals surface area (Å²) in [6.45, 7) is -1.30. The molecule has 2 heterocycles. The number of aromatic nitrogens is 2. The highest BCUT2D eigenvalue weighted by molar-refractivity contribution is 5.49. The van der Waals surface area contributed by atoms with Gasteiger partial charge >= 0.3 is 6.18 Å². The lowest BCUT2D eigenvalue weighted by Gasteiger charge is -2.21. The van der Waals surface area contributed by atoms with Gasteiger partial charge in [0.2, 0.25) is 0 Å². The number of hydrogen-bond acceptors (Lipinski definition) is 6. The molecule has 0 saturated heterocycles. The molecule has 0 amide bonds. The highest BCUT2D eigenvalue weighted by Crippen LogP contribution is 2.20. The van der Waals surface area contributed by atoms with E-state index in [-0.39, 0.29) is 37.8 Å². The Hall–Kier alpha value is -1.87. The minimum atomic E-state index is -4.33. The SMILES string of the molecule is OCCCN(Cc1noc(-c2ccoc2)n1)CC(F)(F)F. The van der Waals surface area contributed by atoms with Crippen molar-refractivity contribution >= 4 is 0 Å². The summed E-state index contributed by atoms with van der Waals surface area (Å²) in [6, 6.07) is 1.61. The van der Waals surface area contributed by atoms with Crippen LogP contribution in [0.25, 0.3) is 11.5 Å². The number of furan rings is 1. The maximum absolute atomic E-state index is 12.5. The molecule has 21 heavy (non-hydrogen) atoms. The quantitative estimate of drug-likeness (QED) is 0.844. The summed E-state index contributed by atoms with van der Waals surface area (Å²) in [7, 11) is 0. The van der Waals surface area contributed by atoms with Gasteiger partial charge in [-0.15, -0.1) is 0 Å². The van der Waals surface area contributed by atoms with Crippen LogP contribution in [0, 0.1) is 0 Å². The van der Waals surface area contributed by atoms with Crippen LogP contribution < -0.4 is 0 Å². The molecule has 0 aliphatic carbocycles. The maximum atomic E-state index is 12.5. The molecule has 0 bridgehead atoms. The van der Waals surface area contributed by atoms with Crippen molar-refractivity contribution in [1.29, 1.82) is 0 Å². The number of hydrogen-bond donors (Lipinski definition) is 1. The molecule has 0 aromatic carbocycles. The fourth-order valence-electron chi connectivity index (χ4n) is 1.78. The van der Waals surface area contributed by atoms with Crippen molar-refractivity contribution in [1.82, 2.24) is 15.0 Å². The summed E-state index contributed by atoms with van der Waals surface area (Å²) < 4.78 is 47.3. The predicted octanol–water partition coefficient (Wildman–Crippen LogP) is 2.08. The Morgan fingerprint density at radius 3 is 2.76 bits per heavy atom. The molecule has 0 radical (unpaired) electrons. The maximum Gasteiger partial charge on any atom is 0.401 e. The Morgan fingerprint density at radius 1 is 1.33 bits per heavy atom. The van der Waals surface area contributed by atoms with Gasteiger partial charge < -0.3 is 14.0 Å². The molecule has 0 aliphatic rings. The zero-order valence-corrected chi connectivity index (χ0v) is 11.0. The molecule has 116 valence electrons. The first kappa shape index (κ1) is 15.5. The Labute approximate surface area is 118 Å². The van der Waals surface area contributed by atoms with E-state index in [2.05, 4.69) is 10.1 Å². The second-order valence-electron chi connectivity index (χ2n) is 4.43. The second kappa shape index (κ2) is 6.72. The number of halogens is 3. The van der Waals surface area contributed by atoms with E-state index in [1.165, 1.54) is 12.5 Å². The number of rotatable bonds is 7. The third kappa shape index (κ3) is 4.87. The van der Waals surface area contributed by atoms with Gasteiger partial charge in [0.25, 0.3) is 5.89 Å². The molecule has 0 unspecified atom stereocenters. The molecular formula is C12H14F3N3O3. The zero-order chi connectivity index (χ0) is 15.3. The molecule has 0 fully saturated rings. The summed E-state index contributed by atoms with van der Waals surface area (Å²) in [5, 5.41) is 12.4. The van der Waals surface area contributed by atoms with E-state index in [0.717, 1.165) is 4.90 Å². The first-order valence-corrected chi connectivity index (χ1v) is 6.23. The molecule has 6 nitrogen and oxygen atoms in total. The van der Waals surface area contributed by atoms with E-state index < -0.39 is 12.7 Å². The van der Waals surface area contributed by atoms with Crippen molar-refractivity contribution in [2.45, 2.75) is 19.1 Å². The van der Waals surface area contributed by atoms with Crippen LogP contribution in [0.1, 0.15) is 12.2 Å². The molecule has 0 atom stereocenters. The monoisotopic (exact) mass is 305 g/mol. The molecule has 0 saturated carbocycles. The van der Waals surface area contributed by atoms with Crippen LogP contribution in [0.3, 0.4) is 0 Å². The summed E-state index contributed by atoms with van der Waals surface area (Å²) in [6.07, 6.45) is -1.26. The van der Waals surface area contributed by atoms with Crippen LogP contribution in [0.5, 0.6) is 0 Å². The number of aliphatic hydroxyl groups excluding tert-OH is 1. The highest BCUT2D eigenvalue weighted by Gasteiger charge is 2.31. The lowest BCUT2D eigenvalue weighted by Crippen LogP contribution is -2.35. The Morgan fingerprint density at radius 2 is 2.14 bits per heavy atom. The topological polar surface area (TPSA) is 75.5 Å². The lowest BCUT2D eigenvalue weighted by molar-refractivity contribution is -0.147. The molecule has 2 rings (SSSR count). The fourth-order valence-corrected chi connectivity index (χ4v) is 1.78. The molecule has 0 spiro atoms. The summed E-state index contributed by atoms with van der Waals surface area (Å²) in [4.78, 5) is 5.13. The summed E-state index contributed by atoms with van der Waals surface area (Å²) in [5.74, 6) is 0.334. The fraction of sp³-hybridized carbons (Fsp3) is 0.500. The smallest absolute Gasteiger partial charge is 0.401 e. The number of alkyl halides is 3. The Balaban J connectivity index is 2.02. The second-order valence-corrected chi connectivity index (χ2v) is 4.43. The Kier molecular flexibility index (Phi) is 4.97. The Bertz CT molecular complexity index is 539. The van der Waals surface area contributed by atoms with E-state index in [9.17, 15) is 13.2 Å². The van der Waals surface area contributed by atoms with Gasteiger partial charge in [-0.2, -0.15) is 18.2 Å². The van der Waals surface area contributed by atoms with Gasteiger partial charge in [0.1, 0.15) is 6.26 Å². The van der Waals surface area contributed by atoms with E-state index >= 15 is 0 Å². The van der Waals surface area contributed by atoms with Crippen LogP contribution in [-0.2, 0) is 6.54 Å². The van der Waals surface area contributed by atoms with Gasteiger partial charge in [-0.3, -0.25) is 4.90 Å². The highest BCUT2D eigenvalue weighted by atomic mass is 19.4. The third-order valence-corrected chi connectivity index (χ3v) is 2.64. The van der Waals surface area contributed by atoms with E-state index in [1.54, 1.807) is 6.07 Å². The van der Waals surface area contributed by atoms with Crippen molar-refractivity contribution in [3.8, 4) is 11.5 Å². The molecule has 2 aromatic rings. The number of nitrogens with zero attached hydrogens (tertiary/aromatic N) is 3. The molecule has 0 aliphatic heterocycles. The van der Waals surface area contributed by atoms with Gasteiger partial charge in [0.15, 0.2) is 5.82 Å². The van der Waals surface area contributed by atoms with Gasteiger partial charge in [-0.05, 0) is 12.5 Å². The molecule has 1 N–H and O–H groups in total. The lowest BCUT2D eigenvalue weighted by atomic mass is 10.3. The predicted molar refractivity (Wildman–Crippen MR) is 65.0 cm³/mol. The van der Waals surface area contributed by atoms with Crippen molar-refractivity contribution < 1.29 is 27.2 Å². The molecule has 2 aromatic heterocycles. The van der Waals surface area contributed by atoms with Crippen molar-refractivity contribution in [3.63, 3.8) is 0 Å². The van der Waals surface area contributed by atoms with Gasteiger partial charge in [0, 0.05) is 13.2 Å². The van der Waals surface area contributed by atoms with Crippen molar-refractivity contribution in [3.05, 3.63) is 24.4 Å². The van der Waals surface area contributed by atoms with Gasteiger partial charge in [0.05, 0.1) is 24.9 Å². The van der Waals surface area contributed by atoms with Crippen LogP contribution in [0.4, 0.5) is 13.2 Å². The van der Waals surface area contributed by atoms with Crippen LogP contribution in [0.2, 0.25) is 0 Å². The number of aliphatic hydroxyl groups is 1. The zero-order valence-electron chi connectivity index (χ0n) is 11.0. The van der Waals surface area contributed by atoms with E-state index in [0.29, 0.717) is 5.56 Å². The average molecular weight is 305 g/mol. The van der Waals surface area contributed by atoms with E-state index in [4.69, 9.17) is 14.0 Å². The molecule has 9 heteroatoms. The average Bonchev–Trinajstić information content (AvgIpc) is 3.04. The minimum Gasteiger partial charge on any atom is -0.472 e.